The Labute approximate surface area is 104 Å². The molecule has 0 aromatic heterocycles. The van der Waals surface area contributed by atoms with Crippen LogP contribution in [0, 0.1) is 22.7 Å². The summed E-state index contributed by atoms with van der Waals surface area (Å²) < 4.78 is -0.0209. The van der Waals surface area contributed by atoms with Crippen LogP contribution in [0.25, 0.3) is 0 Å². The van der Waals surface area contributed by atoms with E-state index in [-0.39, 0.29) is 4.75 Å². The van der Waals surface area contributed by atoms with Crippen LogP contribution >= 0.6 is 11.8 Å². The summed E-state index contributed by atoms with van der Waals surface area (Å²) in [7, 11) is 0. The third kappa shape index (κ3) is 2.40. The zero-order valence-corrected chi connectivity index (χ0v) is 11.6. The van der Waals surface area contributed by atoms with E-state index in [2.05, 4.69) is 26.8 Å². The van der Waals surface area contributed by atoms with Crippen LogP contribution in [0.1, 0.15) is 59.3 Å². The highest BCUT2D eigenvalue weighted by Crippen LogP contribution is 2.56. The molecule has 0 N–H and O–H groups in total. The van der Waals surface area contributed by atoms with Gasteiger partial charge in [0.15, 0.2) is 0 Å². The molecule has 0 heterocycles. The van der Waals surface area contributed by atoms with Crippen molar-refractivity contribution in [2.24, 2.45) is 11.3 Å². The molecule has 0 spiro atoms. The van der Waals surface area contributed by atoms with Crippen molar-refractivity contribution in [3.8, 4) is 6.07 Å². The molecular weight excluding hydrogens is 214 g/mol. The van der Waals surface area contributed by atoms with E-state index in [0.717, 1.165) is 24.0 Å². The molecule has 2 aliphatic carbocycles. The Morgan fingerprint density at radius 3 is 2.19 bits per heavy atom. The molecule has 0 bridgehead atoms. The Bertz CT molecular complexity index is 285. The molecule has 0 aromatic rings. The molecule has 0 aromatic carbocycles. The maximum Gasteiger partial charge on any atom is 0.103 e. The SMILES string of the molecule is CC(C)(C)C1CC(C#N)(SC2CCCC2)C1. The summed E-state index contributed by atoms with van der Waals surface area (Å²) in [5, 5.41) is 10.2. The summed E-state index contributed by atoms with van der Waals surface area (Å²) in [6, 6.07) is 2.61. The third-order valence-electron chi connectivity index (χ3n) is 4.28. The predicted molar refractivity (Wildman–Crippen MR) is 70.4 cm³/mol. The molecule has 2 rings (SSSR count). The van der Waals surface area contributed by atoms with Gasteiger partial charge in [-0.25, -0.2) is 0 Å². The van der Waals surface area contributed by atoms with Gasteiger partial charge in [0.25, 0.3) is 0 Å². The fourth-order valence-corrected chi connectivity index (χ4v) is 4.74. The lowest BCUT2D eigenvalue weighted by atomic mass is 9.63. The maximum atomic E-state index is 9.41. The van der Waals surface area contributed by atoms with Crippen LogP contribution in [0.4, 0.5) is 0 Å². The van der Waals surface area contributed by atoms with Crippen molar-refractivity contribution in [3.63, 3.8) is 0 Å². The van der Waals surface area contributed by atoms with Crippen LogP contribution < -0.4 is 0 Å². The lowest BCUT2D eigenvalue weighted by Crippen LogP contribution is -2.46. The fraction of sp³-hybridized carbons (Fsp3) is 0.929. The third-order valence-corrected chi connectivity index (χ3v) is 5.96. The van der Waals surface area contributed by atoms with Gasteiger partial charge in [-0.2, -0.15) is 5.26 Å². The molecule has 2 heteroatoms. The van der Waals surface area contributed by atoms with Crippen LogP contribution in [0.15, 0.2) is 0 Å². The van der Waals surface area contributed by atoms with Crippen molar-refractivity contribution in [1.29, 1.82) is 5.26 Å². The van der Waals surface area contributed by atoms with Crippen molar-refractivity contribution >= 4 is 11.8 Å². The van der Waals surface area contributed by atoms with Gasteiger partial charge in [0.05, 0.1) is 6.07 Å². The Kier molecular flexibility index (Phi) is 3.27. The largest absolute Gasteiger partial charge is 0.197 e. The zero-order valence-electron chi connectivity index (χ0n) is 10.8. The second-order valence-corrected chi connectivity index (χ2v) is 8.29. The van der Waals surface area contributed by atoms with E-state index in [1.807, 2.05) is 11.8 Å². The molecule has 0 aliphatic heterocycles. The van der Waals surface area contributed by atoms with E-state index in [4.69, 9.17) is 0 Å². The van der Waals surface area contributed by atoms with Gasteiger partial charge in [-0.05, 0) is 37.0 Å². The van der Waals surface area contributed by atoms with Crippen molar-refractivity contribution in [1.82, 2.24) is 0 Å². The first-order valence-electron chi connectivity index (χ1n) is 6.54. The first-order chi connectivity index (χ1) is 7.45. The van der Waals surface area contributed by atoms with Gasteiger partial charge in [0.2, 0.25) is 0 Å². The average Bonchev–Trinajstić information content (AvgIpc) is 2.60. The van der Waals surface area contributed by atoms with Gasteiger partial charge >= 0.3 is 0 Å². The number of rotatable bonds is 2. The highest BCUT2D eigenvalue weighted by atomic mass is 32.2. The predicted octanol–water partition coefficient (Wildman–Crippen LogP) is 4.38. The van der Waals surface area contributed by atoms with Crippen LogP contribution in [-0.4, -0.2) is 10.00 Å². The molecule has 0 radical (unpaired) electrons. The first-order valence-corrected chi connectivity index (χ1v) is 7.42. The summed E-state index contributed by atoms with van der Waals surface area (Å²) in [5.74, 6) is 0.751. The molecule has 2 fully saturated rings. The van der Waals surface area contributed by atoms with E-state index in [9.17, 15) is 5.26 Å². The van der Waals surface area contributed by atoms with E-state index in [1.54, 1.807) is 0 Å². The number of nitriles is 1. The highest BCUT2D eigenvalue weighted by Gasteiger charge is 2.50. The van der Waals surface area contributed by atoms with Gasteiger partial charge in [-0.1, -0.05) is 33.6 Å². The average molecular weight is 237 g/mol. The summed E-state index contributed by atoms with van der Waals surface area (Å²) in [6.07, 6.45) is 7.68. The molecule has 1 nitrogen and oxygen atoms in total. The number of nitrogens with zero attached hydrogens (tertiary/aromatic N) is 1. The summed E-state index contributed by atoms with van der Waals surface area (Å²) in [6.45, 7) is 6.91. The first kappa shape index (κ1) is 12.3. The van der Waals surface area contributed by atoms with Crippen molar-refractivity contribution in [2.45, 2.75) is 69.3 Å². The quantitative estimate of drug-likeness (QED) is 0.711. The van der Waals surface area contributed by atoms with E-state index in [1.165, 1.54) is 25.7 Å². The van der Waals surface area contributed by atoms with Crippen LogP contribution in [0.3, 0.4) is 0 Å². The van der Waals surface area contributed by atoms with Crippen LogP contribution in [0.5, 0.6) is 0 Å². The highest BCUT2D eigenvalue weighted by molar-refractivity contribution is 8.01. The van der Waals surface area contributed by atoms with Crippen molar-refractivity contribution in [2.75, 3.05) is 0 Å². The second-order valence-electron chi connectivity index (χ2n) is 6.60. The zero-order chi connectivity index (χ0) is 11.8. The van der Waals surface area contributed by atoms with Gasteiger partial charge in [-0.15, -0.1) is 11.8 Å². The Hall–Kier alpha value is -0.160. The van der Waals surface area contributed by atoms with Crippen molar-refractivity contribution in [3.05, 3.63) is 0 Å². The van der Waals surface area contributed by atoms with Crippen LogP contribution in [-0.2, 0) is 0 Å². The molecule has 16 heavy (non-hydrogen) atoms. The molecular formula is C14H23NS. The molecule has 0 atom stereocenters. The monoisotopic (exact) mass is 237 g/mol. The smallest absolute Gasteiger partial charge is 0.103 e. The molecule has 0 saturated heterocycles. The molecule has 0 unspecified atom stereocenters. The lowest BCUT2D eigenvalue weighted by Gasteiger charge is -2.49. The van der Waals surface area contributed by atoms with E-state index >= 15 is 0 Å². The number of hydrogen-bond acceptors (Lipinski definition) is 2. The Morgan fingerprint density at radius 1 is 1.19 bits per heavy atom. The normalized spacial score (nSPS) is 35.8. The summed E-state index contributed by atoms with van der Waals surface area (Å²) >= 11 is 2.00. The number of hydrogen-bond donors (Lipinski definition) is 0. The lowest BCUT2D eigenvalue weighted by molar-refractivity contribution is 0.122. The van der Waals surface area contributed by atoms with Gasteiger partial charge < -0.3 is 0 Å². The second kappa shape index (κ2) is 4.26. The topological polar surface area (TPSA) is 23.8 Å². The van der Waals surface area contributed by atoms with Gasteiger partial charge in [0, 0.05) is 5.25 Å². The summed E-state index contributed by atoms with van der Waals surface area (Å²) in [4.78, 5) is 0. The summed E-state index contributed by atoms with van der Waals surface area (Å²) in [5.41, 5.74) is 0.386. The fourth-order valence-electron chi connectivity index (χ4n) is 2.89. The van der Waals surface area contributed by atoms with Crippen LogP contribution in [0.2, 0.25) is 0 Å². The molecule has 0 amide bonds. The minimum atomic E-state index is -0.0209. The van der Waals surface area contributed by atoms with E-state index < -0.39 is 0 Å². The minimum Gasteiger partial charge on any atom is -0.197 e. The van der Waals surface area contributed by atoms with Gasteiger partial charge in [-0.3, -0.25) is 0 Å². The standard InChI is InChI=1S/C14H23NS/c1-13(2,3)11-8-14(9-11,10-15)16-12-6-4-5-7-12/h11-12H,4-9H2,1-3H3. The molecule has 2 saturated carbocycles. The van der Waals surface area contributed by atoms with Crippen molar-refractivity contribution < 1.29 is 0 Å². The molecule has 2 aliphatic rings. The molecule has 90 valence electrons. The number of thioether (sulfide) groups is 1. The minimum absolute atomic E-state index is 0.0209. The Morgan fingerprint density at radius 2 is 1.75 bits per heavy atom. The Balaban J connectivity index is 1.90. The van der Waals surface area contributed by atoms with E-state index in [0.29, 0.717) is 5.41 Å². The maximum absolute atomic E-state index is 9.41. The van der Waals surface area contributed by atoms with Gasteiger partial charge in [0.1, 0.15) is 4.75 Å².